The van der Waals surface area contributed by atoms with Gasteiger partial charge < -0.3 is 14.8 Å². The second kappa shape index (κ2) is 9.86. The molecule has 194 valence electrons. The minimum atomic E-state index is -0.409. The Bertz CT molecular complexity index is 1140. The van der Waals surface area contributed by atoms with E-state index >= 15 is 4.39 Å². The lowest BCUT2D eigenvalue weighted by Crippen LogP contribution is -2.53. The average molecular weight is 515 g/mol. The molecule has 3 aliphatic heterocycles. The lowest BCUT2D eigenvalue weighted by Gasteiger charge is -2.44. The quantitative estimate of drug-likeness (QED) is 0.478. The molecule has 1 amide bonds. The summed E-state index contributed by atoms with van der Waals surface area (Å²) in [6.07, 6.45) is 3.38. The Hall–Kier alpha value is -2.31. The number of piperidine rings is 3. The van der Waals surface area contributed by atoms with E-state index < -0.39 is 6.09 Å². The molecule has 2 bridgehead atoms. The number of carbonyl (C=O) groups excluding carboxylic acids is 1. The number of amides is 1. The number of benzene rings is 2. The molecule has 0 spiro atoms. The van der Waals surface area contributed by atoms with Crippen LogP contribution < -0.4 is 10.1 Å². The zero-order valence-corrected chi connectivity index (χ0v) is 22.3. The van der Waals surface area contributed by atoms with E-state index in [1.54, 1.807) is 18.2 Å². The summed E-state index contributed by atoms with van der Waals surface area (Å²) in [6.45, 7) is 11.1. The van der Waals surface area contributed by atoms with E-state index in [9.17, 15) is 4.79 Å². The van der Waals surface area contributed by atoms with Crippen LogP contribution in [-0.2, 0) is 11.2 Å². The maximum absolute atomic E-state index is 15.6. The molecule has 1 aliphatic carbocycles. The highest BCUT2D eigenvalue weighted by molar-refractivity contribution is 6.33. The first kappa shape index (κ1) is 25.3. The summed E-state index contributed by atoms with van der Waals surface area (Å²) in [5, 5.41) is 3.55. The lowest BCUT2D eigenvalue weighted by atomic mass is 9.70. The van der Waals surface area contributed by atoms with Crippen molar-refractivity contribution in [2.24, 2.45) is 11.3 Å². The fourth-order valence-electron chi connectivity index (χ4n) is 6.01. The number of alkyl carbamates (subject to hydrolysis) is 1. The van der Waals surface area contributed by atoms with E-state index in [1.165, 1.54) is 0 Å². The second-order valence-electron chi connectivity index (χ2n) is 11.5. The van der Waals surface area contributed by atoms with Crippen LogP contribution in [0.25, 0.3) is 11.1 Å². The Morgan fingerprint density at radius 2 is 1.92 bits per heavy atom. The van der Waals surface area contributed by atoms with Crippen LogP contribution in [0.3, 0.4) is 0 Å². The van der Waals surface area contributed by atoms with Gasteiger partial charge in [-0.05, 0) is 105 Å². The van der Waals surface area contributed by atoms with Gasteiger partial charge in [0.1, 0.15) is 17.7 Å². The summed E-state index contributed by atoms with van der Waals surface area (Å²) in [6, 6.07) is 8.47. The fourth-order valence-corrected chi connectivity index (χ4v) is 6.29. The highest BCUT2D eigenvalue weighted by Gasteiger charge is 2.40. The Kier molecular flexibility index (Phi) is 6.94. The van der Waals surface area contributed by atoms with Crippen molar-refractivity contribution in [1.82, 2.24) is 10.2 Å². The van der Waals surface area contributed by atoms with E-state index in [2.05, 4.69) is 24.1 Å². The van der Waals surface area contributed by atoms with Crippen molar-refractivity contribution in [3.8, 4) is 16.9 Å². The van der Waals surface area contributed by atoms with Gasteiger partial charge in [0.25, 0.3) is 0 Å². The van der Waals surface area contributed by atoms with Crippen LogP contribution in [0.5, 0.6) is 5.75 Å². The molecule has 3 fully saturated rings. The molecule has 3 saturated heterocycles. The Morgan fingerprint density at radius 3 is 2.56 bits per heavy atom. The summed E-state index contributed by atoms with van der Waals surface area (Å²) < 4.78 is 27.2. The molecular weight excluding hydrogens is 479 g/mol. The summed E-state index contributed by atoms with van der Waals surface area (Å²) >= 11 is 6.54. The molecule has 1 N–H and O–H groups in total. The van der Waals surface area contributed by atoms with Crippen molar-refractivity contribution in [2.45, 2.75) is 71.6 Å². The van der Waals surface area contributed by atoms with E-state index in [4.69, 9.17) is 21.1 Å². The Balaban J connectivity index is 1.38. The molecule has 36 heavy (non-hydrogen) atoms. The van der Waals surface area contributed by atoms with Crippen molar-refractivity contribution >= 4 is 17.7 Å². The minimum absolute atomic E-state index is 0.0256. The van der Waals surface area contributed by atoms with Crippen LogP contribution in [0, 0.1) is 17.2 Å². The molecule has 2 atom stereocenters. The molecule has 0 saturated carbocycles. The molecule has 0 radical (unpaired) electrons. The third kappa shape index (κ3) is 5.08. The summed E-state index contributed by atoms with van der Waals surface area (Å²) in [5.74, 6) is 0.738. The van der Waals surface area contributed by atoms with Crippen molar-refractivity contribution < 1.29 is 18.7 Å². The van der Waals surface area contributed by atoms with Crippen LogP contribution in [0.1, 0.15) is 64.1 Å². The maximum Gasteiger partial charge on any atom is 0.407 e. The van der Waals surface area contributed by atoms with Crippen LogP contribution >= 0.6 is 11.6 Å². The van der Waals surface area contributed by atoms with Crippen LogP contribution in [0.15, 0.2) is 30.3 Å². The molecule has 2 aromatic carbocycles. The lowest BCUT2D eigenvalue weighted by molar-refractivity contribution is -0.0353. The van der Waals surface area contributed by atoms with Gasteiger partial charge >= 0.3 is 6.09 Å². The molecule has 0 unspecified atom stereocenters. The summed E-state index contributed by atoms with van der Waals surface area (Å²) in [5.41, 5.74) is 2.70. The van der Waals surface area contributed by atoms with Gasteiger partial charge in [-0.2, -0.15) is 0 Å². The van der Waals surface area contributed by atoms with Crippen LogP contribution in [-0.4, -0.2) is 42.8 Å². The summed E-state index contributed by atoms with van der Waals surface area (Å²) in [7, 11) is 0. The SMILES string of the molecule is CC(C)Oc1ccc(-c2cc3c(cc2F)[C@H](NC(=O)O[C@@H]2CN4CCC2CC4)C(C)(C)CC3)c(Cl)c1. The number of hydrogen-bond donors (Lipinski definition) is 1. The number of carbonyl (C=O) groups is 1. The summed E-state index contributed by atoms with van der Waals surface area (Å²) in [4.78, 5) is 15.4. The molecule has 4 aliphatic rings. The van der Waals surface area contributed by atoms with Crippen LogP contribution in [0.2, 0.25) is 5.02 Å². The molecule has 6 rings (SSSR count). The number of fused-ring (bicyclic) bond motifs is 4. The zero-order valence-electron chi connectivity index (χ0n) is 21.6. The molecule has 0 aromatic heterocycles. The number of nitrogens with zero attached hydrogens (tertiary/aromatic N) is 1. The van der Waals surface area contributed by atoms with Crippen LogP contribution in [0.4, 0.5) is 9.18 Å². The molecular formula is C29H36ClFN2O3. The third-order valence-electron chi connectivity index (χ3n) is 8.08. The predicted octanol–water partition coefficient (Wildman–Crippen LogP) is 6.77. The number of rotatable bonds is 5. The van der Waals surface area contributed by atoms with Crippen molar-refractivity contribution in [3.63, 3.8) is 0 Å². The molecule has 7 heteroatoms. The topological polar surface area (TPSA) is 50.8 Å². The highest BCUT2D eigenvalue weighted by atomic mass is 35.5. The normalized spacial score (nSPS) is 26.4. The third-order valence-corrected chi connectivity index (χ3v) is 8.39. The zero-order chi connectivity index (χ0) is 25.6. The van der Waals surface area contributed by atoms with E-state index in [-0.39, 0.29) is 29.5 Å². The van der Waals surface area contributed by atoms with E-state index in [1.807, 2.05) is 26.0 Å². The van der Waals surface area contributed by atoms with Gasteiger partial charge in [0, 0.05) is 17.7 Å². The first-order chi connectivity index (χ1) is 17.1. The number of nitrogens with one attached hydrogen (secondary N) is 1. The van der Waals surface area contributed by atoms with Gasteiger partial charge in [-0.15, -0.1) is 0 Å². The minimum Gasteiger partial charge on any atom is -0.491 e. The van der Waals surface area contributed by atoms with Crippen molar-refractivity contribution in [3.05, 3.63) is 52.3 Å². The van der Waals surface area contributed by atoms with Gasteiger partial charge in [0.05, 0.1) is 17.2 Å². The Morgan fingerprint density at radius 1 is 1.17 bits per heavy atom. The Labute approximate surface area is 218 Å². The second-order valence-corrected chi connectivity index (χ2v) is 11.9. The number of hydrogen-bond acceptors (Lipinski definition) is 4. The van der Waals surface area contributed by atoms with E-state index in [0.717, 1.165) is 56.4 Å². The largest absolute Gasteiger partial charge is 0.491 e. The number of aryl methyl sites for hydroxylation is 1. The molecule has 5 nitrogen and oxygen atoms in total. The fraction of sp³-hybridized carbons (Fsp3) is 0.552. The number of halogens is 2. The van der Waals surface area contributed by atoms with Gasteiger partial charge in [0.2, 0.25) is 0 Å². The van der Waals surface area contributed by atoms with Gasteiger partial charge in [-0.3, -0.25) is 4.90 Å². The predicted molar refractivity (Wildman–Crippen MR) is 140 cm³/mol. The first-order valence-electron chi connectivity index (χ1n) is 13.1. The van der Waals surface area contributed by atoms with Crippen molar-refractivity contribution in [1.29, 1.82) is 0 Å². The average Bonchev–Trinajstić information content (AvgIpc) is 2.82. The number of ether oxygens (including phenoxy) is 2. The monoisotopic (exact) mass is 514 g/mol. The van der Waals surface area contributed by atoms with Gasteiger partial charge in [-0.1, -0.05) is 25.4 Å². The van der Waals surface area contributed by atoms with Gasteiger partial charge in [-0.25, -0.2) is 9.18 Å². The van der Waals surface area contributed by atoms with E-state index in [0.29, 0.717) is 27.8 Å². The highest BCUT2D eigenvalue weighted by Crippen LogP contribution is 2.46. The molecule has 2 aromatic rings. The maximum atomic E-state index is 15.6. The smallest absolute Gasteiger partial charge is 0.407 e. The van der Waals surface area contributed by atoms with Gasteiger partial charge in [0.15, 0.2) is 0 Å². The van der Waals surface area contributed by atoms with Crippen molar-refractivity contribution in [2.75, 3.05) is 19.6 Å². The first-order valence-corrected chi connectivity index (χ1v) is 13.5. The molecule has 3 heterocycles. The standard InChI is InChI=1S/C29H36ClFN2O3/c1-17(2)35-20-5-6-21(24(30)14-20)23-13-19-7-10-29(3,4)27(22(19)15-25(23)31)32-28(34)36-26-16-33-11-8-18(26)9-12-33/h5-6,13-15,17-18,26-27H,7-12,16H2,1-4H3,(H,32,34)/t26-,27+/m1/s1.